The molecule has 4 N–H and O–H groups in total. The molecule has 0 radical (unpaired) electrons. The van der Waals surface area contributed by atoms with E-state index in [2.05, 4.69) is 5.32 Å². The molecule has 0 aromatic heterocycles. The minimum absolute atomic E-state index is 0.0696. The van der Waals surface area contributed by atoms with E-state index in [4.69, 9.17) is 20.4 Å². The maximum absolute atomic E-state index is 11.9. The second-order valence-electron chi connectivity index (χ2n) is 6.11. The number of hydrogen-bond donors (Lipinski definition) is 3. The van der Waals surface area contributed by atoms with E-state index in [1.54, 1.807) is 24.3 Å². The van der Waals surface area contributed by atoms with E-state index in [0.29, 0.717) is 17.9 Å². The SMILES string of the molecule is Cc1ccc(CNC(=O)C(N)COc2ccc(C=O)cc2)cc1.O=C(O)C(F)(F)F. The maximum atomic E-state index is 11.9. The van der Waals surface area contributed by atoms with E-state index in [9.17, 15) is 22.8 Å². The molecule has 0 aliphatic heterocycles. The summed E-state index contributed by atoms with van der Waals surface area (Å²) in [5, 5.41) is 9.91. The van der Waals surface area contributed by atoms with E-state index in [0.717, 1.165) is 11.8 Å². The largest absolute Gasteiger partial charge is 0.491 e. The Labute approximate surface area is 170 Å². The highest BCUT2D eigenvalue weighted by Crippen LogP contribution is 2.13. The zero-order chi connectivity index (χ0) is 22.7. The van der Waals surface area contributed by atoms with Crippen molar-refractivity contribution in [3.05, 3.63) is 65.2 Å². The van der Waals surface area contributed by atoms with Gasteiger partial charge in [-0.25, -0.2) is 4.79 Å². The van der Waals surface area contributed by atoms with Crippen LogP contribution in [0.2, 0.25) is 0 Å². The molecular formula is C20H21F3N2O5. The Bertz CT molecular complexity index is 837. The number of aliphatic carboxylic acids is 1. The maximum Gasteiger partial charge on any atom is 0.490 e. The van der Waals surface area contributed by atoms with Crippen molar-refractivity contribution in [3.8, 4) is 5.75 Å². The summed E-state index contributed by atoms with van der Waals surface area (Å²) in [5.41, 5.74) is 8.57. The molecule has 30 heavy (non-hydrogen) atoms. The van der Waals surface area contributed by atoms with Crippen LogP contribution in [0.5, 0.6) is 5.75 Å². The van der Waals surface area contributed by atoms with E-state index in [-0.39, 0.29) is 12.5 Å². The summed E-state index contributed by atoms with van der Waals surface area (Å²) < 4.78 is 37.2. The summed E-state index contributed by atoms with van der Waals surface area (Å²) in [4.78, 5) is 31.4. The fourth-order valence-electron chi connectivity index (χ4n) is 1.93. The first-order valence-corrected chi connectivity index (χ1v) is 8.60. The summed E-state index contributed by atoms with van der Waals surface area (Å²) in [6.45, 7) is 2.51. The highest BCUT2D eigenvalue weighted by Gasteiger charge is 2.38. The number of rotatable bonds is 7. The van der Waals surface area contributed by atoms with Crippen molar-refractivity contribution in [1.29, 1.82) is 0 Å². The van der Waals surface area contributed by atoms with Gasteiger partial charge in [-0.3, -0.25) is 9.59 Å². The molecule has 0 aliphatic carbocycles. The number of carbonyl (C=O) groups excluding carboxylic acids is 2. The molecule has 1 amide bonds. The van der Waals surface area contributed by atoms with Gasteiger partial charge >= 0.3 is 12.1 Å². The first-order chi connectivity index (χ1) is 14.0. The molecule has 0 fully saturated rings. The fraction of sp³-hybridized carbons (Fsp3) is 0.250. The summed E-state index contributed by atoms with van der Waals surface area (Å²) >= 11 is 0. The Balaban J connectivity index is 0.000000553. The number of ether oxygens (including phenoxy) is 1. The van der Waals surface area contributed by atoms with Crippen molar-refractivity contribution in [3.63, 3.8) is 0 Å². The molecule has 0 saturated carbocycles. The van der Waals surface area contributed by atoms with Gasteiger partial charge in [0.2, 0.25) is 5.91 Å². The van der Waals surface area contributed by atoms with Crippen molar-refractivity contribution < 1.29 is 37.4 Å². The lowest BCUT2D eigenvalue weighted by Gasteiger charge is -2.13. The van der Waals surface area contributed by atoms with Gasteiger partial charge in [0.25, 0.3) is 0 Å². The first kappa shape index (κ1) is 24.6. The summed E-state index contributed by atoms with van der Waals surface area (Å²) in [7, 11) is 0. The van der Waals surface area contributed by atoms with E-state index in [1.807, 2.05) is 31.2 Å². The molecule has 7 nitrogen and oxygen atoms in total. The lowest BCUT2D eigenvalue weighted by Crippen LogP contribution is -2.44. The number of aldehydes is 1. The molecule has 2 aromatic rings. The standard InChI is InChI=1S/C18H20N2O3.C2HF3O2/c1-13-2-4-14(5-3-13)10-20-18(22)17(19)12-23-16-8-6-15(11-21)7-9-16;3-2(4,5)1(6)7/h2-9,11,17H,10,12,19H2,1H3,(H,20,22);(H,6,7). The van der Waals surface area contributed by atoms with Gasteiger partial charge in [0, 0.05) is 12.1 Å². The van der Waals surface area contributed by atoms with Crippen LogP contribution in [0.1, 0.15) is 21.5 Å². The Morgan fingerprint density at radius 3 is 2.13 bits per heavy atom. The number of nitrogens with two attached hydrogens (primary N) is 1. The van der Waals surface area contributed by atoms with Gasteiger partial charge in [-0.15, -0.1) is 0 Å². The number of hydrogen-bond acceptors (Lipinski definition) is 5. The number of carboxylic acids is 1. The molecule has 1 atom stereocenters. The first-order valence-electron chi connectivity index (χ1n) is 8.60. The Hall–Kier alpha value is -3.40. The lowest BCUT2D eigenvalue weighted by atomic mass is 10.1. The number of amides is 1. The number of halogens is 3. The molecule has 0 heterocycles. The predicted molar refractivity (Wildman–Crippen MR) is 102 cm³/mol. The smallest absolute Gasteiger partial charge is 0.490 e. The summed E-state index contributed by atoms with van der Waals surface area (Å²) in [5.74, 6) is -2.46. The van der Waals surface area contributed by atoms with Crippen molar-refractivity contribution in [2.24, 2.45) is 5.73 Å². The topological polar surface area (TPSA) is 119 Å². The number of alkyl halides is 3. The molecule has 2 aromatic carbocycles. The van der Waals surface area contributed by atoms with Crippen LogP contribution in [-0.4, -0.2) is 42.1 Å². The van der Waals surface area contributed by atoms with Crippen LogP contribution >= 0.6 is 0 Å². The molecule has 2 rings (SSSR count). The quantitative estimate of drug-likeness (QED) is 0.586. The zero-order valence-electron chi connectivity index (χ0n) is 16.0. The van der Waals surface area contributed by atoms with Crippen LogP contribution in [0.4, 0.5) is 13.2 Å². The van der Waals surface area contributed by atoms with Crippen molar-refractivity contribution in [2.45, 2.75) is 25.7 Å². The zero-order valence-corrected chi connectivity index (χ0v) is 16.0. The number of benzene rings is 2. The van der Waals surface area contributed by atoms with Crippen LogP contribution in [0.15, 0.2) is 48.5 Å². The molecule has 0 saturated heterocycles. The third-order valence-corrected chi connectivity index (χ3v) is 3.61. The normalized spacial score (nSPS) is 11.5. The van der Waals surface area contributed by atoms with Crippen LogP contribution < -0.4 is 15.8 Å². The Kier molecular flexibility index (Phi) is 9.50. The number of aryl methyl sites for hydroxylation is 1. The summed E-state index contributed by atoms with van der Waals surface area (Å²) in [6.07, 6.45) is -4.33. The van der Waals surface area contributed by atoms with Crippen LogP contribution in [0.25, 0.3) is 0 Å². The van der Waals surface area contributed by atoms with Crippen molar-refractivity contribution >= 4 is 18.2 Å². The van der Waals surface area contributed by atoms with Crippen LogP contribution in [0.3, 0.4) is 0 Å². The highest BCUT2D eigenvalue weighted by atomic mass is 19.4. The van der Waals surface area contributed by atoms with Gasteiger partial charge in [-0.05, 0) is 36.8 Å². The Morgan fingerprint density at radius 1 is 1.13 bits per heavy atom. The molecule has 0 bridgehead atoms. The number of carboxylic acid groups (broad SMARTS) is 1. The van der Waals surface area contributed by atoms with Crippen LogP contribution in [0, 0.1) is 6.92 Å². The van der Waals surface area contributed by atoms with Gasteiger partial charge in [-0.2, -0.15) is 13.2 Å². The molecule has 10 heteroatoms. The summed E-state index contributed by atoms with van der Waals surface area (Å²) in [6, 6.07) is 13.8. The third-order valence-electron chi connectivity index (χ3n) is 3.61. The minimum Gasteiger partial charge on any atom is -0.491 e. The van der Waals surface area contributed by atoms with Gasteiger partial charge in [0.1, 0.15) is 24.7 Å². The molecule has 162 valence electrons. The predicted octanol–water partition coefficient (Wildman–Crippen LogP) is 2.46. The van der Waals surface area contributed by atoms with Crippen molar-refractivity contribution in [2.75, 3.05) is 6.61 Å². The average molecular weight is 426 g/mol. The molecule has 1 unspecified atom stereocenters. The van der Waals surface area contributed by atoms with Gasteiger partial charge in [0.05, 0.1) is 0 Å². The second-order valence-corrected chi connectivity index (χ2v) is 6.11. The number of nitrogens with one attached hydrogen (secondary N) is 1. The number of carbonyl (C=O) groups is 3. The van der Waals surface area contributed by atoms with E-state index >= 15 is 0 Å². The Morgan fingerprint density at radius 2 is 1.67 bits per heavy atom. The van der Waals surface area contributed by atoms with Crippen LogP contribution in [-0.2, 0) is 16.1 Å². The second kappa shape index (κ2) is 11.6. The van der Waals surface area contributed by atoms with Gasteiger partial charge < -0.3 is 20.9 Å². The van der Waals surface area contributed by atoms with Gasteiger partial charge in [-0.1, -0.05) is 29.8 Å². The molecule has 0 aliphatic rings. The molecular weight excluding hydrogens is 405 g/mol. The fourth-order valence-corrected chi connectivity index (χ4v) is 1.93. The van der Waals surface area contributed by atoms with Gasteiger partial charge in [0.15, 0.2) is 0 Å². The average Bonchev–Trinajstić information content (AvgIpc) is 2.71. The van der Waals surface area contributed by atoms with E-state index < -0.39 is 18.2 Å². The monoisotopic (exact) mass is 426 g/mol. The third kappa shape index (κ3) is 9.20. The van der Waals surface area contributed by atoms with Crippen molar-refractivity contribution in [1.82, 2.24) is 5.32 Å². The van der Waals surface area contributed by atoms with E-state index in [1.165, 1.54) is 5.56 Å². The highest BCUT2D eigenvalue weighted by molar-refractivity contribution is 5.81. The molecule has 0 spiro atoms. The lowest BCUT2D eigenvalue weighted by molar-refractivity contribution is -0.192. The minimum atomic E-state index is -5.08.